The highest BCUT2D eigenvalue weighted by Crippen LogP contribution is 2.46. The molecule has 0 aliphatic heterocycles. The molecule has 0 spiro atoms. The van der Waals surface area contributed by atoms with Crippen LogP contribution in [0.4, 0.5) is 119 Å². The number of nitriles is 2. The van der Waals surface area contributed by atoms with Gasteiger partial charge in [-0.25, -0.2) is 0 Å². The molecule has 101 heavy (non-hydrogen) atoms. The van der Waals surface area contributed by atoms with Gasteiger partial charge < -0.3 is 34.3 Å². The fourth-order valence-corrected chi connectivity index (χ4v) is 13.0. The van der Waals surface area contributed by atoms with Gasteiger partial charge in [-0.1, -0.05) is 127 Å². The third kappa shape index (κ3) is 13.7. The summed E-state index contributed by atoms with van der Waals surface area (Å²) in [5.74, 6) is 0. The van der Waals surface area contributed by atoms with Crippen LogP contribution in [-0.4, -0.2) is 0 Å². The summed E-state index contributed by atoms with van der Waals surface area (Å²) in [6, 6.07) is 146. The molecule has 0 saturated carbocycles. The zero-order valence-electron chi connectivity index (χ0n) is 55.2. The molecule has 15 rings (SSSR count). The van der Waals surface area contributed by atoms with Crippen LogP contribution >= 0.6 is 0 Å². The molecular weight excluding hydrogens is 1230 g/mol. The molecule has 0 heterocycles. The molecule has 0 radical (unpaired) electrons. The van der Waals surface area contributed by atoms with Crippen LogP contribution in [0.25, 0.3) is 0 Å². The average Bonchev–Trinajstić information content (AvgIpc) is 0.793. The zero-order chi connectivity index (χ0) is 68.1. The Hall–Kier alpha value is -14.1. The van der Waals surface area contributed by atoms with Gasteiger partial charge in [-0.05, 0) is 279 Å². The Morgan fingerprint density at radius 3 is 0.307 bits per heavy atom. The molecule has 0 bridgehead atoms. The normalized spacial score (nSPS) is 10.8. The lowest BCUT2D eigenvalue weighted by atomic mass is 10.1. The van der Waals surface area contributed by atoms with E-state index in [0.717, 1.165) is 119 Å². The van der Waals surface area contributed by atoms with Gasteiger partial charge in [0.1, 0.15) is 0 Å². The molecule has 0 aromatic heterocycles. The Bertz CT molecular complexity index is 4920. The lowest BCUT2D eigenvalue weighted by Gasteiger charge is -2.30. The second-order valence-corrected chi connectivity index (χ2v) is 24.1. The number of benzene rings is 15. The third-order valence-corrected chi connectivity index (χ3v) is 17.8. The van der Waals surface area contributed by atoms with Crippen LogP contribution in [0.3, 0.4) is 0 Å². The summed E-state index contributed by atoms with van der Waals surface area (Å²) >= 11 is 0. The van der Waals surface area contributed by atoms with Crippen molar-refractivity contribution in [3.63, 3.8) is 0 Å². The number of rotatable bonds is 21. The van der Waals surface area contributed by atoms with Gasteiger partial charge in [0, 0.05) is 119 Å². The quantitative estimate of drug-likeness (QED) is 0.0700. The van der Waals surface area contributed by atoms with Crippen molar-refractivity contribution in [2.45, 2.75) is 0 Å². The number of anilines is 21. The standard InChI is InChI=1S/C92H67N9/c93-68-70-36-40-79(41-37-70)95(72-22-8-1-9-23-72)81-44-48-83(49-45-81)97(74-26-12-3-13-27-74)85-52-56-87(57-53-85)99(76-30-16-5-17-31-76)89-60-64-91(65-61-89)101(78-34-20-7-21-35-78)92-66-62-90(63-67-92)100(77-32-18-6-19-33-77)88-58-54-86(55-59-88)98(75-28-14-4-15-29-75)84-50-46-82(47-51-84)96(73-24-10-2-11-25-73)80-42-38-71(69-94)39-43-80/h1-67H. The maximum atomic E-state index is 9.58. The Morgan fingerprint density at radius 1 is 0.119 bits per heavy atom. The predicted octanol–water partition coefficient (Wildman–Crippen LogP) is 25.7. The van der Waals surface area contributed by atoms with Crippen LogP contribution in [0, 0.1) is 22.7 Å². The first-order chi connectivity index (χ1) is 50.0. The number of hydrogen-bond donors (Lipinski definition) is 0. The van der Waals surface area contributed by atoms with Crippen LogP contribution < -0.4 is 34.3 Å². The van der Waals surface area contributed by atoms with E-state index < -0.39 is 0 Å². The fourth-order valence-electron chi connectivity index (χ4n) is 13.0. The SMILES string of the molecule is N#Cc1ccc(N(c2ccccc2)c2ccc(N(c3ccccc3)c3ccc(N(c4ccccc4)c4ccc(N(c5ccccc5)c5ccc(N(c6ccccc6)c6ccc(N(c7ccccc7)c7ccc(N(c8ccccc8)c8ccc(C#N)cc8)cc7)cc6)cc5)cc4)cc3)cc2)cc1. The van der Waals surface area contributed by atoms with Gasteiger partial charge in [0.2, 0.25) is 0 Å². The van der Waals surface area contributed by atoms with E-state index in [1.54, 1.807) is 0 Å². The molecule has 0 aliphatic rings. The third-order valence-electron chi connectivity index (χ3n) is 17.8. The summed E-state index contributed by atoms with van der Waals surface area (Å²) in [6.45, 7) is 0. The molecule has 0 unspecified atom stereocenters. The largest absolute Gasteiger partial charge is 0.311 e. The average molecular weight is 1300 g/mol. The minimum atomic E-state index is 0.617. The summed E-state index contributed by atoms with van der Waals surface area (Å²) in [7, 11) is 0. The summed E-state index contributed by atoms with van der Waals surface area (Å²) in [6.07, 6.45) is 0. The lowest BCUT2D eigenvalue weighted by Crippen LogP contribution is -2.14. The van der Waals surface area contributed by atoms with Gasteiger partial charge in [0.15, 0.2) is 0 Å². The van der Waals surface area contributed by atoms with Crippen LogP contribution in [0.2, 0.25) is 0 Å². The first-order valence-corrected chi connectivity index (χ1v) is 33.6. The molecule has 0 fully saturated rings. The minimum absolute atomic E-state index is 0.617. The highest BCUT2D eigenvalue weighted by Gasteiger charge is 2.23. The molecule has 0 aliphatic carbocycles. The van der Waals surface area contributed by atoms with Gasteiger partial charge in [-0.2, -0.15) is 10.5 Å². The second-order valence-electron chi connectivity index (χ2n) is 24.1. The van der Waals surface area contributed by atoms with Gasteiger partial charge in [0.05, 0.1) is 23.3 Å². The van der Waals surface area contributed by atoms with E-state index in [1.807, 2.05) is 97.1 Å². The van der Waals surface area contributed by atoms with E-state index >= 15 is 0 Å². The van der Waals surface area contributed by atoms with Crippen LogP contribution in [0.15, 0.2) is 406 Å². The predicted molar refractivity (Wildman–Crippen MR) is 419 cm³/mol. The minimum Gasteiger partial charge on any atom is -0.311 e. The van der Waals surface area contributed by atoms with Gasteiger partial charge in [-0.15, -0.1) is 0 Å². The first-order valence-electron chi connectivity index (χ1n) is 33.6. The number of hydrogen-bond acceptors (Lipinski definition) is 9. The maximum absolute atomic E-state index is 9.58. The topological polar surface area (TPSA) is 70.3 Å². The lowest BCUT2D eigenvalue weighted by molar-refractivity contribution is 1.23. The van der Waals surface area contributed by atoms with Crippen molar-refractivity contribution in [2.24, 2.45) is 0 Å². The molecule has 15 aromatic carbocycles. The Labute approximate surface area is 590 Å². The van der Waals surface area contributed by atoms with E-state index in [-0.39, 0.29) is 0 Å². The van der Waals surface area contributed by atoms with Crippen LogP contribution in [-0.2, 0) is 0 Å². The summed E-state index contributed by atoms with van der Waals surface area (Å²) < 4.78 is 0. The van der Waals surface area contributed by atoms with Gasteiger partial charge in [-0.3, -0.25) is 0 Å². The molecule has 0 N–H and O–H groups in total. The van der Waals surface area contributed by atoms with Gasteiger partial charge in [0.25, 0.3) is 0 Å². The molecular formula is C92H67N9. The summed E-state index contributed by atoms with van der Waals surface area (Å²) in [5, 5.41) is 19.2. The number of nitrogens with zero attached hydrogens (tertiary/aromatic N) is 9. The van der Waals surface area contributed by atoms with Crippen molar-refractivity contribution in [1.82, 2.24) is 0 Å². The summed E-state index contributed by atoms with van der Waals surface area (Å²) in [4.78, 5) is 15.9. The number of para-hydroxylation sites is 7. The molecule has 9 nitrogen and oxygen atoms in total. The van der Waals surface area contributed by atoms with E-state index in [2.05, 4.69) is 356 Å². The summed E-state index contributed by atoms with van der Waals surface area (Å²) in [5.41, 5.74) is 22.5. The van der Waals surface area contributed by atoms with Crippen molar-refractivity contribution < 1.29 is 0 Å². The molecule has 9 heteroatoms. The Kier molecular flexibility index (Phi) is 18.4. The molecule has 0 atom stereocenters. The second kappa shape index (κ2) is 29.5. The van der Waals surface area contributed by atoms with E-state index in [4.69, 9.17) is 0 Å². The molecule has 0 saturated heterocycles. The van der Waals surface area contributed by atoms with Crippen LogP contribution in [0.1, 0.15) is 11.1 Å². The van der Waals surface area contributed by atoms with Gasteiger partial charge >= 0.3 is 0 Å². The van der Waals surface area contributed by atoms with E-state index in [9.17, 15) is 10.5 Å². The van der Waals surface area contributed by atoms with Crippen LogP contribution in [0.5, 0.6) is 0 Å². The molecule has 480 valence electrons. The Balaban J connectivity index is 0.717. The van der Waals surface area contributed by atoms with E-state index in [1.165, 1.54) is 0 Å². The maximum Gasteiger partial charge on any atom is 0.0991 e. The van der Waals surface area contributed by atoms with Crippen molar-refractivity contribution >= 4 is 119 Å². The highest BCUT2D eigenvalue weighted by molar-refractivity contribution is 5.88. The fraction of sp³-hybridized carbons (Fsp3) is 0. The highest BCUT2D eigenvalue weighted by atomic mass is 15.2. The van der Waals surface area contributed by atoms with Crippen molar-refractivity contribution in [2.75, 3.05) is 34.3 Å². The van der Waals surface area contributed by atoms with Crippen molar-refractivity contribution in [1.29, 1.82) is 10.5 Å². The smallest absolute Gasteiger partial charge is 0.0991 e. The molecule has 0 amide bonds. The van der Waals surface area contributed by atoms with Crippen molar-refractivity contribution in [3.05, 3.63) is 418 Å². The monoisotopic (exact) mass is 1300 g/mol. The van der Waals surface area contributed by atoms with Crippen molar-refractivity contribution in [3.8, 4) is 12.1 Å². The Morgan fingerprint density at radius 2 is 0.208 bits per heavy atom. The zero-order valence-corrected chi connectivity index (χ0v) is 55.2. The van der Waals surface area contributed by atoms with E-state index in [0.29, 0.717) is 11.1 Å². The first kappa shape index (κ1) is 63.0. The molecule has 15 aromatic rings.